The Kier molecular flexibility index (Phi) is 4.00. The number of carbonyl (C=O) groups is 1. The van der Waals surface area contributed by atoms with Crippen LogP contribution in [0.2, 0.25) is 0 Å². The molecule has 6 heteroatoms. The van der Waals surface area contributed by atoms with Crippen LogP contribution in [0.15, 0.2) is 12.5 Å². The molecule has 0 atom stereocenters. The average Bonchev–Trinajstić information content (AvgIpc) is 2.58. The van der Waals surface area contributed by atoms with Crippen molar-refractivity contribution in [1.82, 2.24) is 20.2 Å². The van der Waals surface area contributed by atoms with E-state index < -0.39 is 5.97 Å². The molecule has 1 aliphatic heterocycles. The minimum atomic E-state index is -0.964. The second-order valence-electron chi connectivity index (χ2n) is 4.07. The standard InChI is InChI=1S/C11H16N4O2/c16-11(17)9-6-13-8-14-10(9)7-15-4-1-2-12-3-5-15/h6,8,12H,1-5,7H2,(H,16,17). The maximum Gasteiger partial charge on any atom is 0.339 e. The number of rotatable bonds is 3. The lowest BCUT2D eigenvalue weighted by Gasteiger charge is -2.19. The van der Waals surface area contributed by atoms with E-state index in [1.165, 1.54) is 12.5 Å². The smallest absolute Gasteiger partial charge is 0.339 e. The second kappa shape index (κ2) is 5.70. The van der Waals surface area contributed by atoms with Crippen molar-refractivity contribution >= 4 is 5.97 Å². The third-order valence-corrected chi connectivity index (χ3v) is 2.83. The first-order chi connectivity index (χ1) is 8.27. The van der Waals surface area contributed by atoms with Gasteiger partial charge in [-0.05, 0) is 19.5 Å². The van der Waals surface area contributed by atoms with Gasteiger partial charge in [-0.25, -0.2) is 14.8 Å². The molecule has 0 radical (unpaired) electrons. The van der Waals surface area contributed by atoms with Gasteiger partial charge in [0.05, 0.1) is 5.69 Å². The van der Waals surface area contributed by atoms with Crippen molar-refractivity contribution in [1.29, 1.82) is 0 Å². The number of hydrogen-bond acceptors (Lipinski definition) is 5. The molecule has 0 saturated carbocycles. The van der Waals surface area contributed by atoms with Crippen LogP contribution in [0.3, 0.4) is 0 Å². The zero-order chi connectivity index (χ0) is 12.1. The van der Waals surface area contributed by atoms with E-state index in [0.29, 0.717) is 12.2 Å². The molecule has 1 saturated heterocycles. The van der Waals surface area contributed by atoms with E-state index in [4.69, 9.17) is 5.11 Å². The summed E-state index contributed by atoms with van der Waals surface area (Å²) in [5.74, 6) is -0.964. The number of nitrogens with one attached hydrogen (secondary N) is 1. The molecule has 0 aliphatic carbocycles. The van der Waals surface area contributed by atoms with Crippen LogP contribution < -0.4 is 5.32 Å². The molecule has 0 unspecified atom stereocenters. The molecule has 2 heterocycles. The van der Waals surface area contributed by atoms with Gasteiger partial charge in [0, 0.05) is 25.8 Å². The predicted octanol–water partition coefficient (Wildman–Crippen LogP) is -0.0299. The molecule has 1 fully saturated rings. The summed E-state index contributed by atoms with van der Waals surface area (Å²) < 4.78 is 0. The van der Waals surface area contributed by atoms with Gasteiger partial charge in [0.1, 0.15) is 11.9 Å². The number of aromatic nitrogens is 2. The fourth-order valence-electron chi connectivity index (χ4n) is 1.93. The van der Waals surface area contributed by atoms with Crippen LogP contribution in [0.1, 0.15) is 22.5 Å². The molecule has 2 rings (SSSR count). The average molecular weight is 236 g/mol. The molecule has 0 bridgehead atoms. The zero-order valence-corrected chi connectivity index (χ0v) is 9.59. The van der Waals surface area contributed by atoms with Gasteiger partial charge in [-0.1, -0.05) is 0 Å². The number of carboxylic acid groups (broad SMARTS) is 1. The Hall–Kier alpha value is -1.53. The topological polar surface area (TPSA) is 78.3 Å². The Morgan fingerprint density at radius 3 is 3.18 bits per heavy atom. The number of carboxylic acids is 1. The lowest BCUT2D eigenvalue weighted by Crippen LogP contribution is -2.28. The summed E-state index contributed by atoms with van der Waals surface area (Å²) in [5, 5.41) is 12.3. The molecular formula is C11H16N4O2. The molecule has 0 spiro atoms. The molecule has 17 heavy (non-hydrogen) atoms. The number of hydrogen-bond donors (Lipinski definition) is 2. The van der Waals surface area contributed by atoms with E-state index in [2.05, 4.69) is 20.2 Å². The largest absolute Gasteiger partial charge is 0.478 e. The van der Waals surface area contributed by atoms with Gasteiger partial charge in [0.2, 0.25) is 0 Å². The van der Waals surface area contributed by atoms with Crippen molar-refractivity contribution in [3.63, 3.8) is 0 Å². The fourth-order valence-corrected chi connectivity index (χ4v) is 1.93. The van der Waals surface area contributed by atoms with Gasteiger partial charge in [-0.3, -0.25) is 4.90 Å². The van der Waals surface area contributed by atoms with E-state index in [1.807, 2.05) is 0 Å². The summed E-state index contributed by atoms with van der Waals surface area (Å²) in [6, 6.07) is 0. The maximum absolute atomic E-state index is 11.0. The van der Waals surface area contributed by atoms with E-state index in [9.17, 15) is 4.79 Å². The van der Waals surface area contributed by atoms with Crippen molar-refractivity contribution in [2.75, 3.05) is 26.2 Å². The van der Waals surface area contributed by atoms with Gasteiger partial charge in [-0.2, -0.15) is 0 Å². The zero-order valence-electron chi connectivity index (χ0n) is 9.59. The van der Waals surface area contributed by atoms with Crippen molar-refractivity contribution in [2.24, 2.45) is 0 Å². The summed E-state index contributed by atoms with van der Waals surface area (Å²) in [5.41, 5.74) is 0.791. The molecule has 2 N–H and O–H groups in total. The van der Waals surface area contributed by atoms with Crippen LogP contribution in [0, 0.1) is 0 Å². The van der Waals surface area contributed by atoms with Crippen molar-refractivity contribution in [2.45, 2.75) is 13.0 Å². The van der Waals surface area contributed by atoms with Crippen LogP contribution in [-0.4, -0.2) is 52.1 Å². The van der Waals surface area contributed by atoms with Gasteiger partial charge < -0.3 is 10.4 Å². The Morgan fingerprint density at radius 2 is 2.35 bits per heavy atom. The van der Waals surface area contributed by atoms with Gasteiger partial charge in [-0.15, -0.1) is 0 Å². The third kappa shape index (κ3) is 3.21. The SMILES string of the molecule is O=C(O)c1cncnc1CN1CCCNCC1. The fraction of sp³-hybridized carbons (Fsp3) is 0.545. The van der Waals surface area contributed by atoms with Crippen LogP contribution in [0.4, 0.5) is 0 Å². The van der Waals surface area contributed by atoms with Gasteiger partial charge >= 0.3 is 5.97 Å². The molecular weight excluding hydrogens is 220 g/mol. The Bertz CT molecular complexity index is 389. The summed E-state index contributed by atoms with van der Waals surface area (Å²) in [4.78, 5) is 21.1. The second-order valence-corrected chi connectivity index (χ2v) is 4.07. The number of nitrogens with zero attached hydrogens (tertiary/aromatic N) is 3. The molecule has 6 nitrogen and oxygen atoms in total. The Labute approximate surface area is 99.7 Å². The monoisotopic (exact) mass is 236 g/mol. The minimum absolute atomic E-state index is 0.199. The molecule has 1 aromatic rings. The molecule has 0 aromatic carbocycles. The highest BCUT2D eigenvalue weighted by molar-refractivity contribution is 5.88. The summed E-state index contributed by atoms with van der Waals surface area (Å²) in [6.07, 6.45) is 3.84. The molecule has 0 amide bonds. The first-order valence-corrected chi connectivity index (χ1v) is 5.72. The lowest BCUT2D eigenvalue weighted by molar-refractivity contribution is 0.0693. The quantitative estimate of drug-likeness (QED) is 0.767. The van der Waals surface area contributed by atoms with Crippen LogP contribution >= 0.6 is 0 Å². The van der Waals surface area contributed by atoms with E-state index in [-0.39, 0.29) is 5.56 Å². The highest BCUT2D eigenvalue weighted by Gasteiger charge is 2.15. The van der Waals surface area contributed by atoms with Gasteiger partial charge in [0.25, 0.3) is 0 Å². The van der Waals surface area contributed by atoms with Crippen LogP contribution in [0.25, 0.3) is 0 Å². The molecule has 1 aromatic heterocycles. The lowest BCUT2D eigenvalue weighted by atomic mass is 10.2. The predicted molar refractivity (Wildman–Crippen MR) is 61.8 cm³/mol. The van der Waals surface area contributed by atoms with E-state index in [1.54, 1.807) is 0 Å². The Morgan fingerprint density at radius 1 is 1.47 bits per heavy atom. The molecule has 1 aliphatic rings. The van der Waals surface area contributed by atoms with Crippen molar-refractivity contribution < 1.29 is 9.90 Å². The highest BCUT2D eigenvalue weighted by Crippen LogP contribution is 2.08. The number of aromatic carboxylic acids is 1. The van der Waals surface area contributed by atoms with E-state index >= 15 is 0 Å². The minimum Gasteiger partial charge on any atom is -0.478 e. The highest BCUT2D eigenvalue weighted by atomic mass is 16.4. The van der Waals surface area contributed by atoms with Gasteiger partial charge in [0.15, 0.2) is 0 Å². The first kappa shape index (κ1) is 11.9. The maximum atomic E-state index is 11.0. The van der Waals surface area contributed by atoms with Crippen molar-refractivity contribution in [3.05, 3.63) is 23.8 Å². The Balaban J connectivity index is 2.09. The normalized spacial score (nSPS) is 17.6. The van der Waals surface area contributed by atoms with Crippen molar-refractivity contribution in [3.8, 4) is 0 Å². The summed E-state index contributed by atoms with van der Waals surface area (Å²) in [7, 11) is 0. The molecule has 92 valence electrons. The summed E-state index contributed by atoms with van der Waals surface area (Å²) in [6.45, 7) is 4.42. The third-order valence-electron chi connectivity index (χ3n) is 2.83. The van der Waals surface area contributed by atoms with E-state index in [0.717, 1.165) is 32.6 Å². The van der Waals surface area contributed by atoms with Crippen LogP contribution in [-0.2, 0) is 6.54 Å². The summed E-state index contributed by atoms with van der Waals surface area (Å²) >= 11 is 0. The van der Waals surface area contributed by atoms with Crippen LogP contribution in [0.5, 0.6) is 0 Å². The first-order valence-electron chi connectivity index (χ1n) is 5.72.